The normalized spacial score (nSPS) is 13.1. The SMILES string of the molecule is CCCCC(N=[NH2+])C(OCC)OCC. The molecule has 0 aliphatic carbocycles. The standard InChI is InChI=1S/C10H22N2O2/c1-4-7-8-9(12-11)10(13-5-2)14-6-3/h9-11H,4-8H2,1-3H3/p+1. The van der Waals surface area contributed by atoms with Crippen LogP contribution in [-0.4, -0.2) is 25.5 Å². The van der Waals surface area contributed by atoms with Crippen LogP contribution in [0.15, 0.2) is 5.11 Å². The van der Waals surface area contributed by atoms with Gasteiger partial charge in [0, 0.05) is 13.2 Å². The largest absolute Gasteiger partial charge is 0.350 e. The molecule has 1 atom stereocenters. The number of hydrogen-bond acceptors (Lipinski definition) is 3. The van der Waals surface area contributed by atoms with Gasteiger partial charge in [0.05, 0.1) is 0 Å². The van der Waals surface area contributed by atoms with Gasteiger partial charge in [0.2, 0.25) is 0 Å². The van der Waals surface area contributed by atoms with Gasteiger partial charge in [-0.25, -0.2) is 0 Å². The smallest absolute Gasteiger partial charge is 0.185 e. The van der Waals surface area contributed by atoms with Crippen molar-refractivity contribution in [3.8, 4) is 0 Å². The van der Waals surface area contributed by atoms with Crippen LogP contribution in [0.5, 0.6) is 0 Å². The van der Waals surface area contributed by atoms with Gasteiger partial charge in [-0.1, -0.05) is 19.8 Å². The summed E-state index contributed by atoms with van der Waals surface area (Å²) in [6.45, 7) is 7.29. The topological polar surface area (TPSA) is 56.4 Å². The summed E-state index contributed by atoms with van der Waals surface area (Å²) in [6, 6.07) is -0.0325. The first-order valence-corrected chi connectivity index (χ1v) is 5.43. The molecule has 0 saturated heterocycles. The lowest BCUT2D eigenvalue weighted by atomic mass is 10.1. The molecule has 0 heterocycles. The fourth-order valence-electron chi connectivity index (χ4n) is 1.29. The zero-order valence-electron chi connectivity index (χ0n) is 9.53. The van der Waals surface area contributed by atoms with Crippen LogP contribution in [0.2, 0.25) is 0 Å². The molecule has 4 nitrogen and oxygen atoms in total. The van der Waals surface area contributed by atoms with Gasteiger partial charge in [0.25, 0.3) is 0 Å². The van der Waals surface area contributed by atoms with E-state index in [1.54, 1.807) is 0 Å². The van der Waals surface area contributed by atoms with Crippen molar-refractivity contribution in [3.63, 3.8) is 0 Å². The maximum atomic E-state index is 5.44. The lowest BCUT2D eigenvalue weighted by Crippen LogP contribution is -2.38. The van der Waals surface area contributed by atoms with Crippen molar-refractivity contribution in [1.29, 1.82) is 0 Å². The third kappa shape index (κ3) is 5.29. The van der Waals surface area contributed by atoms with Crippen molar-refractivity contribution in [2.45, 2.75) is 52.4 Å². The van der Waals surface area contributed by atoms with Crippen LogP contribution in [0.1, 0.15) is 40.0 Å². The second-order valence-corrected chi connectivity index (χ2v) is 3.14. The fourth-order valence-corrected chi connectivity index (χ4v) is 1.29. The molecule has 0 rings (SSSR count). The molecule has 0 aromatic heterocycles. The summed E-state index contributed by atoms with van der Waals surface area (Å²) in [5.41, 5.74) is 5.34. The molecule has 0 amide bonds. The summed E-state index contributed by atoms with van der Waals surface area (Å²) in [7, 11) is 0. The Bertz CT molecular complexity index is 136. The molecular formula is C10H23N2O2+. The number of unbranched alkanes of at least 4 members (excludes halogenated alkanes) is 1. The zero-order valence-corrected chi connectivity index (χ0v) is 9.53. The number of rotatable bonds is 9. The van der Waals surface area contributed by atoms with E-state index in [-0.39, 0.29) is 12.3 Å². The van der Waals surface area contributed by atoms with Gasteiger partial charge < -0.3 is 9.47 Å². The molecule has 0 aromatic rings. The minimum absolute atomic E-state index is 0.0325. The molecule has 0 aliphatic heterocycles. The van der Waals surface area contributed by atoms with E-state index in [4.69, 9.17) is 15.0 Å². The van der Waals surface area contributed by atoms with Gasteiger partial charge in [-0.05, 0) is 25.4 Å². The Morgan fingerprint density at radius 1 is 1.14 bits per heavy atom. The van der Waals surface area contributed by atoms with Crippen molar-refractivity contribution in [2.24, 2.45) is 5.11 Å². The molecule has 84 valence electrons. The molecule has 0 aromatic carbocycles. The second-order valence-electron chi connectivity index (χ2n) is 3.14. The molecule has 14 heavy (non-hydrogen) atoms. The van der Waals surface area contributed by atoms with Gasteiger partial charge >= 0.3 is 0 Å². The van der Waals surface area contributed by atoms with Gasteiger partial charge in [-0.15, -0.1) is 0 Å². The fraction of sp³-hybridized carbons (Fsp3) is 1.00. The summed E-state index contributed by atoms with van der Waals surface area (Å²) >= 11 is 0. The average molecular weight is 203 g/mol. The molecule has 4 heteroatoms. The average Bonchev–Trinajstić information content (AvgIpc) is 2.19. The van der Waals surface area contributed by atoms with E-state index < -0.39 is 0 Å². The van der Waals surface area contributed by atoms with Gasteiger partial charge in [-0.3, -0.25) is 0 Å². The summed E-state index contributed by atoms with van der Waals surface area (Å²) in [5.74, 6) is 0. The van der Waals surface area contributed by atoms with Crippen LogP contribution in [0, 0.1) is 0 Å². The van der Waals surface area contributed by atoms with Crippen LogP contribution >= 0.6 is 0 Å². The van der Waals surface area contributed by atoms with Crippen molar-refractivity contribution in [1.82, 2.24) is 0 Å². The number of nitrogens with zero attached hydrogens (tertiary/aromatic N) is 1. The van der Waals surface area contributed by atoms with Crippen LogP contribution in [0.4, 0.5) is 0 Å². The quantitative estimate of drug-likeness (QED) is 0.451. The van der Waals surface area contributed by atoms with Gasteiger partial charge in [-0.2, -0.15) is 5.53 Å². The molecule has 0 aliphatic rings. The molecule has 0 fully saturated rings. The zero-order chi connectivity index (χ0) is 10.8. The van der Waals surface area contributed by atoms with E-state index in [0.29, 0.717) is 13.2 Å². The Kier molecular flexibility index (Phi) is 8.78. The van der Waals surface area contributed by atoms with Crippen LogP contribution in [-0.2, 0) is 9.47 Å². The first-order chi connectivity index (χ1) is 6.79. The van der Waals surface area contributed by atoms with E-state index in [1.807, 2.05) is 13.8 Å². The van der Waals surface area contributed by atoms with E-state index in [0.717, 1.165) is 19.3 Å². The summed E-state index contributed by atoms with van der Waals surface area (Å²) in [5, 5.41) is 3.81. The van der Waals surface area contributed by atoms with Gasteiger partial charge in [0.15, 0.2) is 12.3 Å². The summed E-state index contributed by atoms with van der Waals surface area (Å²) in [6.07, 6.45) is 2.89. The monoisotopic (exact) mass is 203 g/mol. The van der Waals surface area contributed by atoms with E-state index in [1.165, 1.54) is 0 Å². The summed E-state index contributed by atoms with van der Waals surface area (Å²) in [4.78, 5) is 0. The second kappa shape index (κ2) is 9.09. The minimum Gasteiger partial charge on any atom is -0.350 e. The Morgan fingerprint density at radius 3 is 2.07 bits per heavy atom. The van der Waals surface area contributed by atoms with E-state index in [9.17, 15) is 0 Å². The highest BCUT2D eigenvalue weighted by molar-refractivity contribution is 4.67. The van der Waals surface area contributed by atoms with E-state index in [2.05, 4.69) is 12.0 Å². The van der Waals surface area contributed by atoms with Crippen molar-refractivity contribution in [2.75, 3.05) is 13.2 Å². The lowest BCUT2D eigenvalue weighted by Gasteiger charge is -2.20. The Balaban J connectivity index is 4.03. The third-order valence-corrected chi connectivity index (χ3v) is 2.02. The third-order valence-electron chi connectivity index (χ3n) is 2.02. The lowest BCUT2D eigenvalue weighted by molar-refractivity contribution is -0.251. The molecule has 2 N–H and O–H groups in total. The number of hydrogen-bond donors (Lipinski definition) is 1. The first-order valence-electron chi connectivity index (χ1n) is 5.43. The predicted molar refractivity (Wildman–Crippen MR) is 54.7 cm³/mol. The highest BCUT2D eigenvalue weighted by atomic mass is 16.7. The van der Waals surface area contributed by atoms with Crippen LogP contribution in [0.25, 0.3) is 0 Å². The van der Waals surface area contributed by atoms with Crippen LogP contribution in [0.3, 0.4) is 0 Å². The van der Waals surface area contributed by atoms with Crippen molar-refractivity contribution < 1.29 is 15.0 Å². The summed E-state index contributed by atoms with van der Waals surface area (Å²) < 4.78 is 10.9. The van der Waals surface area contributed by atoms with Crippen molar-refractivity contribution in [3.05, 3.63) is 0 Å². The Hall–Kier alpha value is -0.480. The predicted octanol–water partition coefficient (Wildman–Crippen LogP) is 1.16. The minimum atomic E-state index is -0.276. The molecular weight excluding hydrogens is 180 g/mol. The molecule has 1 unspecified atom stereocenters. The molecule has 0 spiro atoms. The van der Waals surface area contributed by atoms with E-state index >= 15 is 0 Å². The molecule has 0 saturated carbocycles. The molecule has 0 bridgehead atoms. The highest BCUT2D eigenvalue weighted by Crippen LogP contribution is 2.12. The molecule has 0 radical (unpaired) electrons. The van der Waals surface area contributed by atoms with Gasteiger partial charge in [0.1, 0.15) is 0 Å². The maximum Gasteiger partial charge on any atom is 0.185 e. The first kappa shape index (κ1) is 13.5. The Morgan fingerprint density at radius 2 is 1.71 bits per heavy atom. The number of nitrogens with two attached hydrogens (primary N) is 1. The van der Waals surface area contributed by atoms with Crippen molar-refractivity contribution >= 4 is 0 Å². The highest BCUT2D eigenvalue weighted by Gasteiger charge is 2.23. The Labute approximate surface area is 86.5 Å². The maximum absolute atomic E-state index is 5.44. The number of ether oxygens (including phenoxy) is 2. The van der Waals surface area contributed by atoms with Crippen LogP contribution < -0.4 is 5.53 Å².